The normalized spacial score (nSPS) is 14.4. The van der Waals surface area contributed by atoms with Crippen molar-refractivity contribution in [3.8, 4) is 0 Å². The molecule has 1 aliphatic rings. The first-order chi connectivity index (χ1) is 13.9. The van der Waals surface area contributed by atoms with Crippen LogP contribution in [0.5, 0.6) is 0 Å². The Hall–Kier alpha value is -2.42. The lowest BCUT2D eigenvalue weighted by Crippen LogP contribution is -2.49. The molecule has 3 aromatic rings. The molecule has 1 fully saturated rings. The summed E-state index contributed by atoms with van der Waals surface area (Å²) in [6.45, 7) is 1.91. The number of nitrogens with zero attached hydrogens (tertiary/aromatic N) is 4. The van der Waals surface area contributed by atoms with Crippen LogP contribution in [0.25, 0.3) is 10.9 Å². The quantitative estimate of drug-likeness (QED) is 0.569. The zero-order valence-electron chi connectivity index (χ0n) is 15.5. The van der Waals surface area contributed by atoms with Crippen LogP contribution in [-0.2, 0) is 0 Å². The third-order valence-electron chi connectivity index (χ3n) is 4.96. The lowest BCUT2D eigenvalue weighted by atomic mass is 10.1. The topological polar surface area (TPSA) is 65.6 Å². The molecule has 1 amide bonds. The van der Waals surface area contributed by atoms with Crippen molar-refractivity contribution in [3.05, 3.63) is 60.9 Å². The van der Waals surface area contributed by atoms with E-state index in [1.165, 1.54) is 18.4 Å². The molecule has 0 atom stereocenters. The van der Waals surface area contributed by atoms with Gasteiger partial charge in [0.25, 0.3) is 5.91 Å². The number of carbonyl (C=O) groups excluding carboxylic acids is 1. The maximum Gasteiger partial charge on any atom is 0.345 e. The van der Waals surface area contributed by atoms with E-state index in [4.69, 9.17) is 23.4 Å². The van der Waals surface area contributed by atoms with Crippen molar-refractivity contribution in [2.24, 2.45) is 0 Å². The fourth-order valence-electron chi connectivity index (χ4n) is 3.59. The fraction of sp³-hybridized carbons (Fsp3) is 0.263. The Morgan fingerprint density at radius 1 is 1.17 bits per heavy atom. The van der Waals surface area contributed by atoms with Crippen molar-refractivity contribution >= 4 is 62.9 Å². The van der Waals surface area contributed by atoms with Crippen molar-refractivity contribution in [2.45, 2.75) is 0 Å². The summed E-state index contributed by atoms with van der Waals surface area (Å²) in [7, 11) is 1.27. The monoisotopic (exact) mass is 451 g/mol. The number of hydrogen-bond donors (Lipinski definition) is 0. The van der Waals surface area contributed by atoms with Gasteiger partial charge in [-0.05, 0) is 29.6 Å². The van der Waals surface area contributed by atoms with E-state index in [2.05, 4.69) is 0 Å². The molecule has 1 saturated heterocycles. The Balaban J connectivity index is 1.74. The van der Waals surface area contributed by atoms with Crippen LogP contribution in [0.3, 0.4) is 0 Å². The number of benzene rings is 1. The van der Waals surface area contributed by atoms with Gasteiger partial charge in [0.05, 0.1) is 10.4 Å². The van der Waals surface area contributed by atoms with Crippen LogP contribution >= 0.6 is 34.7 Å². The Morgan fingerprint density at radius 2 is 1.90 bits per heavy atom. The summed E-state index contributed by atoms with van der Waals surface area (Å²) in [4.78, 5) is 42.1. The van der Waals surface area contributed by atoms with Gasteiger partial charge in [0.2, 0.25) is 0 Å². The molecule has 4 rings (SSSR count). The predicted octanol–water partition coefficient (Wildman–Crippen LogP) is 3.72. The molecule has 0 N–H and O–H groups in total. The summed E-state index contributed by atoms with van der Waals surface area (Å²) in [5, 5.41) is 2.96. The molecule has 0 saturated carbocycles. The predicted molar refractivity (Wildman–Crippen MR) is 116 cm³/mol. The van der Waals surface area contributed by atoms with E-state index in [1.807, 2.05) is 16.3 Å². The minimum atomic E-state index is -0.592. The van der Waals surface area contributed by atoms with Gasteiger partial charge in [-0.3, -0.25) is 9.59 Å². The molecule has 2 aromatic heterocycles. The molecule has 0 aliphatic carbocycles. The largest absolute Gasteiger partial charge is 0.362 e. The maximum absolute atomic E-state index is 12.8. The van der Waals surface area contributed by atoms with Crippen LogP contribution in [0, 0.1) is 4.91 Å². The zero-order chi connectivity index (χ0) is 20.7. The van der Waals surface area contributed by atoms with Crippen LogP contribution in [0.15, 0.2) is 40.5 Å². The highest BCUT2D eigenvalue weighted by atomic mass is 35.5. The second kappa shape index (κ2) is 7.78. The van der Waals surface area contributed by atoms with E-state index in [-0.39, 0.29) is 11.6 Å². The van der Waals surface area contributed by atoms with Crippen molar-refractivity contribution in [1.82, 2.24) is 8.99 Å². The third kappa shape index (κ3) is 3.52. The van der Waals surface area contributed by atoms with E-state index in [0.717, 1.165) is 4.09 Å². The van der Waals surface area contributed by atoms with Gasteiger partial charge in [0, 0.05) is 58.0 Å². The van der Waals surface area contributed by atoms with Gasteiger partial charge < -0.3 is 9.80 Å². The Morgan fingerprint density at radius 3 is 2.52 bits per heavy atom. The van der Waals surface area contributed by atoms with Crippen molar-refractivity contribution in [3.63, 3.8) is 0 Å². The highest BCUT2D eigenvalue weighted by molar-refractivity contribution is 7.12. The molecule has 7 nitrogen and oxygen atoms in total. The number of pyridine rings is 1. The number of rotatable bonds is 3. The summed E-state index contributed by atoms with van der Waals surface area (Å²) < 4.78 is 1.47. The maximum atomic E-state index is 12.8. The van der Waals surface area contributed by atoms with E-state index >= 15 is 0 Å². The summed E-state index contributed by atoms with van der Waals surface area (Å²) in [5.74, 6) is -0.00936. The van der Waals surface area contributed by atoms with Crippen LogP contribution in [0.4, 0.5) is 11.4 Å². The number of aromatic nitrogens is 1. The Bertz CT molecular complexity index is 1170. The van der Waals surface area contributed by atoms with Crippen molar-refractivity contribution in [1.29, 1.82) is 0 Å². The molecule has 1 aromatic carbocycles. The van der Waals surface area contributed by atoms with E-state index in [9.17, 15) is 14.5 Å². The van der Waals surface area contributed by atoms with Crippen LogP contribution in [-0.4, -0.2) is 52.9 Å². The number of halogens is 2. The number of thiophene rings is 1. The van der Waals surface area contributed by atoms with E-state index in [0.29, 0.717) is 57.4 Å². The smallest absolute Gasteiger partial charge is 0.345 e. The highest BCUT2D eigenvalue weighted by Gasteiger charge is 2.32. The van der Waals surface area contributed by atoms with Crippen LogP contribution in [0.1, 0.15) is 9.67 Å². The number of amides is 1. The van der Waals surface area contributed by atoms with E-state index < -0.39 is 5.56 Å². The first kappa shape index (κ1) is 19.9. The summed E-state index contributed by atoms with van der Waals surface area (Å²) in [6, 6.07) is 8.65. The Kier molecular flexibility index (Phi) is 5.33. The Labute approximate surface area is 180 Å². The zero-order valence-corrected chi connectivity index (χ0v) is 17.8. The lowest BCUT2D eigenvalue weighted by molar-refractivity contribution is -0.428. The molecule has 10 heteroatoms. The van der Waals surface area contributed by atoms with Crippen LogP contribution < -0.4 is 10.5 Å². The molecule has 1 aliphatic heterocycles. The van der Waals surface area contributed by atoms with Gasteiger partial charge in [-0.1, -0.05) is 17.7 Å². The second-order valence-corrected chi connectivity index (χ2v) is 8.42. The summed E-state index contributed by atoms with van der Waals surface area (Å²) >= 11 is 13.8. The summed E-state index contributed by atoms with van der Waals surface area (Å²) in [6.07, 6.45) is 0. The third-order valence-corrected chi connectivity index (χ3v) is 6.39. The van der Waals surface area contributed by atoms with Gasteiger partial charge in [0.15, 0.2) is 7.05 Å². The average molecular weight is 452 g/mol. The molecule has 29 heavy (non-hydrogen) atoms. The number of hydrogen-bond acceptors (Lipinski definition) is 5. The molecule has 0 radical (unpaired) electrons. The number of piperazine rings is 1. The minimum Gasteiger partial charge on any atom is -0.362 e. The van der Waals surface area contributed by atoms with Gasteiger partial charge in [-0.25, -0.2) is 4.09 Å². The van der Waals surface area contributed by atoms with Gasteiger partial charge in [-0.2, -0.15) is 0 Å². The second-order valence-electron chi connectivity index (χ2n) is 6.70. The molecule has 0 spiro atoms. The van der Waals surface area contributed by atoms with Crippen molar-refractivity contribution in [2.75, 3.05) is 38.1 Å². The summed E-state index contributed by atoms with van der Waals surface area (Å²) in [5.41, 5.74) is 0.322. The van der Waals surface area contributed by atoms with Gasteiger partial charge in [-0.15, -0.1) is 11.3 Å². The number of carbonyl (C=O) groups is 1. The number of fused-ring (bicyclic) bond motifs is 1. The highest BCUT2D eigenvalue weighted by Crippen LogP contribution is 2.35. The minimum absolute atomic E-state index is 0.00936. The van der Waals surface area contributed by atoms with Gasteiger partial charge in [0.1, 0.15) is 5.69 Å². The molecular formula is C19H17Cl2N4O3S+. The average Bonchev–Trinajstić information content (AvgIpc) is 3.24. The van der Waals surface area contributed by atoms with Crippen molar-refractivity contribution < 1.29 is 9.55 Å². The molecule has 0 unspecified atom stereocenters. The molecule has 150 valence electrons. The molecule has 3 heterocycles. The fourth-order valence-corrected chi connectivity index (χ4v) is 4.68. The first-order valence-electron chi connectivity index (χ1n) is 8.91. The standard InChI is InChI=1S/C19H17Cl2N4O3S/c1-22(28)17-16(13-11-12(20)4-5-14(13)25(21)19(17)27)23-6-8-24(9-7-23)18(26)15-3-2-10-29-15/h2-5,10-11H,6-9H2,1H3/q+1. The lowest BCUT2D eigenvalue weighted by Gasteiger charge is -2.36. The number of anilines is 1. The first-order valence-corrected chi connectivity index (χ1v) is 10.5. The number of nitroso groups, excluding NO2 is 1. The SMILES string of the molecule is C[N+](=O)c1c(N2CCN(C(=O)c3cccs3)CC2)c2cc(Cl)ccc2n(Cl)c1=O. The van der Waals surface area contributed by atoms with Crippen LogP contribution in [0.2, 0.25) is 5.02 Å². The molecule has 0 bridgehead atoms. The van der Waals surface area contributed by atoms with E-state index in [1.54, 1.807) is 29.2 Å². The molecular weight excluding hydrogens is 435 g/mol. The van der Waals surface area contributed by atoms with Gasteiger partial charge >= 0.3 is 11.2 Å².